The number of ether oxygens (including phenoxy) is 1. The van der Waals surface area contributed by atoms with Crippen LogP contribution in [-0.2, 0) is 4.74 Å². The minimum atomic E-state index is -0.0624. The molecule has 0 radical (unpaired) electrons. The Kier molecular flexibility index (Phi) is 4.43. The van der Waals surface area contributed by atoms with E-state index < -0.39 is 0 Å². The summed E-state index contributed by atoms with van der Waals surface area (Å²) in [6, 6.07) is 9.52. The molecule has 3 rings (SSSR count). The van der Waals surface area contributed by atoms with Crippen molar-refractivity contribution in [2.24, 2.45) is 0 Å². The lowest BCUT2D eigenvalue weighted by atomic mass is 10.1. The van der Waals surface area contributed by atoms with E-state index in [4.69, 9.17) is 4.74 Å². The minimum absolute atomic E-state index is 0.0624. The van der Waals surface area contributed by atoms with Crippen LogP contribution in [0.4, 0.5) is 0 Å². The largest absolute Gasteiger partial charge is 0.379 e. The topological polar surface area (TPSA) is 54.5 Å². The molecular weight excluding hydrogens is 266 g/mol. The lowest BCUT2D eigenvalue weighted by molar-refractivity contribution is 0.0383. The van der Waals surface area contributed by atoms with Crippen LogP contribution >= 0.6 is 0 Å². The molecule has 0 bridgehead atoms. The van der Waals surface area contributed by atoms with Crippen molar-refractivity contribution in [2.75, 3.05) is 39.4 Å². The van der Waals surface area contributed by atoms with Crippen molar-refractivity contribution >= 4 is 16.8 Å². The first-order chi connectivity index (χ1) is 10.3. The Morgan fingerprint density at radius 1 is 1.24 bits per heavy atom. The van der Waals surface area contributed by atoms with Crippen LogP contribution < -0.4 is 5.32 Å². The van der Waals surface area contributed by atoms with Crippen molar-refractivity contribution in [2.45, 2.75) is 0 Å². The van der Waals surface area contributed by atoms with Crippen molar-refractivity contribution < 1.29 is 9.53 Å². The van der Waals surface area contributed by atoms with E-state index in [-0.39, 0.29) is 5.91 Å². The number of amides is 1. The van der Waals surface area contributed by atoms with E-state index in [0.29, 0.717) is 12.1 Å². The summed E-state index contributed by atoms with van der Waals surface area (Å²) in [5.74, 6) is -0.0624. The average Bonchev–Trinajstić information content (AvgIpc) is 2.55. The monoisotopic (exact) mass is 285 g/mol. The Morgan fingerprint density at radius 3 is 2.90 bits per heavy atom. The number of benzene rings is 1. The standard InChI is InChI=1S/C16H19N3O2/c20-16(18-7-8-19-9-11-21-12-10-19)14-5-1-3-13-4-2-6-17-15(13)14/h1-6H,7-12H2,(H,18,20). The molecule has 0 saturated carbocycles. The zero-order valence-electron chi connectivity index (χ0n) is 11.9. The number of morpholine rings is 1. The third-order valence-corrected chi connectivity index (χ3v) is 3.69. The van der Waals surface area contributed by atoms with Crippen LogP contribution in [0.5, 0.6) is 0 Å². The lowest BCUT2D eigenvalue weighted by Gasteiger charge is -2.26. The molecular formula is C16H19N3O2. The van der Waals surface area contributed by atoms with E-state index in [1.54, 1.807) is 6.20 Å². The highest BCUT2D eigenvalue weighted by atomic mass is 16.5. The summed E-state index contributed by atoms with van der Waals surface area (Å²) in [6.45, 7) is 4.93. The Labute approximate surface area is 123 Å². The maximum absolute atomic E-state index is 12.3. The maximum Gasteiger partial charge on any atom is 0.253 e. The summed E-state index contributed by atoms with van der Waals surface area (Å²) in [4.78, 5) is 18.9. The number of aromatic nitrogens is 1. The second-order valence-electron chi connectivity index (χ2n) is 5.09. The number of para-hydroxylation sites is 1. The predicted molar refractivity (Wildman–Crippen MR) is 81.3 cm³/mol. The van der Waals surface area contributed by atoms with Crippen LogP contribution in [0.25, 0.3) is 10.9 Å². The molecule has 1 N–H and O–H groups in total. The molecule has 0 unspecified atom stereocenters. The fourth-order valence-electron chi connectivity index (χ4n) is 2.53. The van der Waals surface area contributed by atoms with E-state index in [1.807, 2.05) is 30.3 Å². The lowest BCUT2D eigenvalue weighted by Crippen LogP contribution is -2.41. The maximum atomic E-state index is 12.3. The van der Waals surface area contributed by atoms with Gasteiger partial charge >= 0.3 is 0 Å². The predicted octanol–water partition coefficient (Wildman–Crippen LogP) is 1.30. The highest BCUT2D eigenvalue weighted by Gasteiger charge is 2.12. The molecule has 1 saturated heterocycles. The minimum Gasteiger partial charge on any atom is -0.379 e. The third kappa shape index (κ3) is 3.37. The number of nitrogens with one attached hydrogen (secondary N) is 1. The molecule has 21 heavy (non-hydrogen) atoms. The Morgan fingerprint density at radius 2 is 2.05 bits per heavy atom. The normalized spacial score (nSPS) is 16.0. The van der Waals surface area contributed by atoms with E-state index >= 15 is 0 Å². The molecule has 2 heterocycles. The molecule has 5 nitrogen and oxygen atoms in total. The van der Waals surface area contributed by atoms with Crippen molar-refractivity contribution in [3.05, 3.63) is 42.1 Å². The molecule has 0 aliphatic carbocycles. The number of fused-ring (bicyclic) bond motifs is 1. The molecule has 1 aliphatic rings. The zero-order valence-corrected chi connectivity index (χ0v) is 11.9. The van der Waals surface area contributed by atoms with E-state index in [2.05, 4.69) is 15.2 Å². The number of hydrogen-bond donors (Lipinski definition) is 1. The van der Waals surface area contributed by atoms with Gasteiger partial charge in [0.15, 0.2) is 0 Å². The van der Waals surface area contributed by atoms with Gasteiger partial charge in [0.2, 0.25) is 0 Å². The van der Waals surface area contributed by atoms with Gasteiger partial charge in [-0.15, -0.1) is 0 Å². The van der Waals surface area contributed by atoms with Gasteiger partial charge in [-0.1, -0.05) is 18.2 Å². The van der Waals surface area contributed by atoms with E-state index in [9.17, 15) is 4.79 Å². The van der Waals surface area contributed by atoms with Crippen LogP contribution in [0.15, 0.2) is 36.5 Å². The van der Waals surface area contributed by atoms with Gasteiger partial charge in [-0.25, -0.2) is 0 Å². The van der Waals surface area contributed by atoms with Gasteiger partial charge in [0.1, 0.15) is 0 Å². The molecule has 1 amide bonds. The van der Waals surface area contributed by atoms with Gasteiger partial charge in [-0.2, -0.15) is 0 Å². The van der Waals surface area contributed by atoms with Crippen LogP contribution in [0.1, 0.15) is 10.4 Å². The number of rotatable bonds is 4. The summed E-state index contributed by atoms with van der Waals surface area (Å²) in [5.41, 5.74) is 1.39. The van der Waals surface area contributed by atoms with Gasteiger partial charge in [0.25, 0.3) is 5.91 Å². The Hall–Kier alpha value is -1.98. The first kappa shape index (κ1) is 14.0. The molecule has 1 fully saturated rings. The fourth-order valence-corrected chi connectivity index (χ4v) is 2.53. The fraction of sp³-hybridized carbons (Fsp3) is 0.375. The van der Waals surface area contributed by atoms with Gasteiger partial charge in [0.05, 0.1) is 24.3 Å². The first-order valence-electron chi connectivity index (χ1n) is 7.26. The summed E-state index contributed by atoms with van der Waals surface area (Å²) in [5, 5.41) is 3.96. The second-order valence-corrected chi connectivity index (χ2v) is 5.09. The quantitative estimate of drug-likeness (QED) is 0.920. The number of carbonyl (C=O) groups excluding carboxylic acids is 1. The smallest absolute Gasteiger partial charge is 0.253 e. The zero-order chi connectivity index (χ0) is 14.5. The highest BCUT2D eigenvalue weighted by Crippen LogP contribution is 2.15. The van der Waals surface area contributed by atoms with Crippen molar-refractivity contribution in [3.8, 4) is 0 Å². The first-order valence-corrected chi connectivity index (χ1v) is 7.26. The summed E-state index contributed by atoms with van der Waals surface area (Å²) in [7, 11) is 0. The molecule has 2 aromatic rings. The summed E-state index contributed by atoms with van der Waals surface area (Å²) < 4.78 is 5.31. The number of pyridine rings is 1. The van der Waals surface area contributed by atoms with Crippen molar-refractivity contribution in [1.82, 2.24) is 15.2 Å². The van der Waals surface area contributed by atoms with Gasteiger partial charge in [-0.3, -0.25) is 14.7 Å². The highest BCUT2D eigenvalue weighted by molar-refractivity contribution is 6.05. The Bertz CT molecular complexity index is 618. The third-order valence-electron chi connectivity index (χ3n) is 3.69. The Balaban J connectivity index is 1.61. The van der Waals surface area contributed by atoms with Gasteiger partial charge < -0.3 is 10.1 Å². The number of nitrogens with zero attached hydrogens (tertiary/aromatic N) is 2. The molecule has 110 valence electrons. The average molecular weight is 285 g/mol. The number of carbonyl (C=O) groups is 1. The van der Waals surface area contributed by atoms with Gasteiger partial charge in [0, 0.05) is 37.8 Å². The number of hydrogen-bond acceptors (Lipinski definition) is 4. The van der Waals surface area contributed by atoms with Crippen LogP contribution in [0, 0.1) is 0 Å². The molecule has 0 spiro atoms. The molecule has 0 atom stereocenters. The van der Waals surface area contributed by atoms with Crippen LogP contribution in [0.2, 0.25) is 0 Å². The van der Waals surface area contributed by atoms with E-state index in [0.717, 1.165) is 43.8 Å². The summed E-state index contributed by atoms with van der Waals surface area (Å²) in [6.07, 6.45) is 1.72. The van der Waals surface area contributed by atoms with Crippen LogP contribution in [0.3, 0.4) is 0 Å². The van der Waals surface area contributed by atoms with Gasteiger partial charge in [-0.05, 0) is 12.1 Å². The van der Waals surface area contributed by atoms with Crippen molar-refractivity contribution in [3.63, 3.8) is 0 Å². The SMILES string of the molecule is O=C(NCCN1CCOCC1)c1cccc2cccnc12. The molecule has 5 heteroatoms. The molecule has 1 aromatic heterocycles. The van der Waals surface area contributed by atoms with Crippen LogP contribution in [-0.4, -0.2) is 55.2 Å². The summed E-state index contributed by atoms with van der Waals surface area (Å²) >= 11 is 0. The second kappa shape index (κ2) is 6.65. The van der Waals surface area contributed by atoms with Crippen molar-refractivity contribution in [1.29, 1.82) is 0 Å². The van der Waals surface area contributed by atoms with E-state index in [1.165, 1.54) is 0 Å². The molecule has 1 aromatic carbocycles. The molecule has 1 aliphatic heterocycles.